The van der Waals surface area contributed by atoms with Gasteiger partial charge in [-0.2, -0.15) is 5.11 Å². The molecule has 9 heteroatoms. The summed E-state index contributed by atoms with van der Waals surface area (Å²) in [6.45, 7) is 8.44. The predicted octanol–water partition coefficient (Wildman–Crippen LogP) is 16.6. The second-order valence-corrected chi connectivity index (χ2v) is 16.5. The first kappa shape index (κ1) is 50.5. The molecule has 0 bridgehead atoms. The van der Waals surface area contributed by atoms with E-state index in [4.69, 9.17) is 18.9 Å². The summed E-state index contributed by atoms with van der Waals surface area (Å²) < 4.78 is 23.6. The molecule has 342 valence electrons. The molecule has 4 aromatic rings. The van der Waals surface area contributed by atoms with Crippen LogP contribution in [0.4, 0.5) is 17.1 Å². The van der Waals surface area contributed by atoms with E-state index in [0.717, 1.165) is 37.9 Å². The number of hydrogen-bond acceptors (Lipinski definition) is 9. The normalized spacial score (nSPS) is 11.4. The molecule has 0 heterocycles. The first-order valence-electron chi connectivity index (χ1n) is 24.2. The number of carbonyl (C=O) groups is 1. The summed E-state index contributed by atoms with van der Waals surface area (Å²) in [6, 6.07) is 24.9. The van der Waals surface area contributed by atoms with E-state index in [1.54, 1.807) is 54.7 Å². The Labute approximate surface area is 378 Å². The van der Waals surface area contributed by atoms with Crippen LogP contribution in [0.2, 0.25) is 0 Å². The number of hydrogen-bond donors (Lipinski definition) is 1. The number of azo groups is 1. The van der Waals surface area contributed by atoms with Crippen molar-refractivity contribution in [1.82, 2.24) is 0 Å². The minimum Gasteiger partial charge on any atom is -0.507 e. The summed E-state index contributed by atoms with van der Waals surface area (Å²) in [5.74, 6) is 1.90. The Morgan fingerprint density at radius 3 is 1.57 bits per heavy atom. The third kappa shape index (κ3) is 21.2. The lowest BCUT2D eigenvalue weighted by Gasteiger charge is -2.11. The molecule has 0 aromatic heterocycles. The van der Waals surface area contributed by atoms with Gasteiger partial charge < -0.3 is 24.1 Å². The molecule has 63 heavy (non-hydrogen) atoms. The van der Waals surface area contributed by atoms with Crippen LogP contribution in [0.15, 0.2) is 100 Å². The van der Waals surface area contributed by atoms with Crippen LogP contribution in [-0.4, -0.2) is 37.1 Å². The largest absolute Gasteiger partial charge is 0.507 e. The predicted molar refractivity (Wildman–Crippen MR) is 259 cm³/mol. The number of phenols is 1. The number of carbonyl (C=O) groups excluding carboxylic acids is 1. The third-order valence-corrected chi connectivity index (χ3v) is 11.0. The lowest BCUT2D eigenvalue weighted by molar-refractivity contribution is 0.0734. The van der Waals surface area contributed by atoms with Crippen LogP contribution in [0, 0.1) is 0 Å². The summed E-state index contributed by atoms with van der Waals surface area (Å²) in [5, 5.41) is 19.7. The molecular weight excluding hydrogens is 787 g/mol. The molecule has 4 aromatic carbocycles. The monoisotopic (exact) mass is 862 g/mol. The molecule has 0 unspecified atom stereocenters. The van der Waals surface area contributed by atoms with E-state index in [-0.39, 0.29) is 5.75 Å². The third-order valence-electron chi connectivity index (χ3n) is 11.0. The van der Waals surface area contributed by atoms with Gasteiger partial charge in [0.2, 0.25) is 0 Å². The van der Waals surface area contributed by atoms with Gasteiger partial charge in [0, 0.05) is 23.9 Å². The molecule has 0 radical (unpaired) electrons. The molecule has 4 rings (SSSR count). The number of benzene rings is 4. The summed E-state index contributed by atoms with van der Waals surface area (Å²) >= 11 is 0. The standard InChI is InChI=1S/C54H75N3O6/c1-4-7-10-12-14-16-18-20-22-24-39-61-49-35-28-45(52(58)41-49)43-55-46-29-31-47(32-30-46)56-57-51-37-36-50(63-54(59)44-26-33-48(34-27-44)60-38-9-6-3)42-53(51)62-40-25-23-21-19-17-15-13-11-8-5-2/h26-37,41-43,58H,4-25,38-40H2,1-3H3. The summed E-state index contributed by atoms with van der Waals surface area (Å²) in [5.41, 5.74) is 2.91. The zero-order valence-corrected chi connectivity index (χ0v) is 38.7. The Bertz CT molecular complexity index is 1890. The topological polar surface area (TPSA) is 111 Å². The lowest BCUT2D eigenvalue weighted by Crippen LogP contribution is -2.08. The van der Waals surface area contributed by atoms with Gasteiger partial charge in [-0.05, 0) is 92.1 Å². The van der Waals surface area contributed by atoms with E-state index < -0.39 is 5.97 Å². The quantitative estimate of drug-likeness (QED) is 0.0165. The van der Waals surface area contributed by atoms with E-state index in [0.29, 0.717) is 65.3 Å². The van der Waals surface area contributed by atoms with Crippen molar-refractivity contribution in [3.8, 4) is 28.7 Å². The zero-order valence-electron chi connectivity index (χ0n) is 38.7. The Hall–Kier alpha value is -5.18. The molecule has 9 nitrogen and oxygen atoms in total. The second kappa shape index (κ2) is 31.6. The maximum atomic E-state index is 13.1. The van der Waals surface area contributed by atoms with Gasteiger partial charge in [-0.25, -0.2) is 4.79 Å². The van der Waals surface area contributed by atoms with Gasteiger partial charge in [0.05, 0.1) is 36.8 Å². The highest BCUT2D eigenvalue weighted by Gasteiger charge is 2.13. The van der Waals surface area contributed by atoms with Crippen molar-refractivity contribution >= 4 is 29.2 Å². The number of esters is 1. The van der Waals surface area contributed by atoms with Gasteiger partial charge in [-0.15, -0.1) is 5.11 Å². The number of rotatable bonds is 34. The molecule has 0 amide bonds. The molecular formula is C54H75N3O6. The van der Waals surface area contributed by atoms with Gasteiger partial charge in [0.15, 0.2) is 5.75 Å². The SMILES string of the molecule is CCCCCCCCCCCCOc1ccc(C=Nc2ccc(N=Nc3ccc(OC(=O)c4ccc(OCCCC)cc4)cc3OCCCCCCCCCCCC)cc2)c(O)c1. The summed E-state index contributed by atoms with van der Waals surface area (Å²) in [6.07, 6.45) is 28.8. The fraction of sp³-hybridized carbons (Fsp3) is 0.519. The van der Waals surface area contributed by atoms with Crippen molar-refractivity contribution in [2.75, 3.05) is 19.8 Å². The summed E-state index contributed by atoms with van der Waals surface area (Å²) in [7, 11) is 0. The molecule has 0 aliphatic rings. The van der Waals surface area contributed by atoms with E-state index in [1.807, 2.05) is 36.4 Å². The lowest BCUT2D eigenvalue weighted by atomic mass is 10.1. The van der Waals surface area contributed by atoms with E-state index in [2.05, 4.69) is 36.0 Å². The van der Waals surface area contributed by atoms with E-state index >= 15 is 0 Å². The Balaban J connectivity index is 1.29. The molecule has 0 aliphatic carbocycles. The Kier molecular flexibility index (Phi) is 25.3. The van der Waals surface area contributed by atoms with Crippen LogP contribution in [0.3, 0.4) is 0 Å². The minimum atomic E-state index is -0.469. The molecule has 1 N–H and O–H groups in total. The fourth-order valence-corrected chi connectivity index (χ4v) is 7.08. The number of phenolic OH excluding ortho intramolecular Hbond substituents is 1. The first-order valence-corrected chi connectivity index (χ1v) is 24.2. The van der Waals surface area contributed by atoms with Gasteiger partial charge in [0.1, 0.15) is 28.7 Å². The number of aromatic hydroxyl groups is 1. The van der Waals surface area contributed by atoms with Gasteiger partial charge >= 0.3 is 5.97 Å². The first-order chi connectivity index (χ1) is 31.0. The van der Waals surface area contributed by atoms with Crippen LogP contribution in [0.5, 0.6) is 28.7 Å². The van der Waals surface area contributed by atoms with Crippen LogP contribution in [0.25, 0.3) is 0 Å². The maximum Gasteiger partial charge on any atom is 0.343 e. The van der Waals surface area contributed by atoms with Crippen molar-refractivity contribution in [3.05, 3.63) is 96.1 Å². The van der Waals surface area contributed by atoms with Crippen molar-refractivity contribution in [2.24, 2.45) is 15.2 Å². The zero-order chi connectivity index (χ0) is 44.6. The van der Waals surface area contributed by atoms with Crippen LogP contribution >= 0.6 is 0 Å². The molecule has 0 saturated heterocycles. The Morgan fingerprint density at radius 2 is 0.984 bits per heavy atom. The van der Waals surface area contributed by atoms with Crippen LogP contribution in [0.1, 0.15) is 178 Å². The average molecular weight is 862 g/mol. The molecule has 0 aliphatic heterocycles. The average Bonchev–Trinajstić information content (AvgIpc) is 3.30. The summed E-state index contributed by atoms with van der Waals surface area (Å²) in [4.78, 5) is 17.6. The molecule has 0 saturated carbocycles. The maximum absolute atomic E-state index is 13.1. The van der Waals surface area contributed by atoms with Crippen molar-refractivity contribution in [3.63, 3.8) is 0 Å². The highest BCUT2D eigenvalue weighted by atomic mass is 16.5. The molecule has 0 fully saturated rings. The highest BCUT2D eigenvalue weighted by Crippen LogP contribution is 2.34. The smallest absolute Gasteiger partial charge is 0.343 e. The number of nitrogens with zero attached hydrogens (tertiary/aromatic N) is 3. The number of ether oxygens (including phenoxy) is 4. The van der Waals surface area contributed by atoms with Gasteiger partial charge in [-0.1, -0.05) is 143 Å². The fourth-order valence-electron chi connectivity index (χ4n) is 7.08. The van der Waals surface area contributed by atoms with Crippen molar-refractivity contribution < 1.29 is 28.8 Å². The van der Waals surface area contributed by atoms with Crippen LogP contribution in [-0.2, 0) is 0 Å². The number of aliphatic imine (C=N–C) groups is 1. The Morgan fingerprint density at radius 1 is 0.492 bits per heavy atom. The highest BCUT2D eigenvalue weighted by molar-refractivity contribution is 5.91. The number of unbranched alkanes of at least 4 members (excludes halogenated alkanes) is 19. The second-order valence-electron chi connectivity index (χ2n) is 16.5. The minimum absolute atomic E-state index is 0.124. The molecule has 0 spiro atoms. The molecule has 0 atom stereocenters. The van der Waals surface area contributed by atoms with Crippen LogP contribution < -0.4 is 18.9 Å². The van der Waals surface area contributed by atoms with E-state index in [1.165, 1.54) is 109 Å². The van der Waals surface area contributed by atoms with E-state index in [9.17, 15) is 9.90 Å². The van der Waals surface area contributed by atoms with Crippen molar-refractivity contribution in [2.45, 2.75) is 162 Å². The van der Waals surface area contributed by atoms with Crippen molar-refractivity contribution in [1.29, 1.82) is 0 Å². The van der Waals surface area contributed by atoms with Gasteiger partial charge in [0.25, 0.3) is 0 Å². The van der Waals surface area contributed by atoms with Gasteiger partial charge in [-0.3, -0.25) is 4.99 Å².